The Balaban J connectivity index is 2.66. The van der Waals surface area contributed by atoms with Crippen LogP contribution in [0.2, 0.25) is 0 Å². The van der Waals surface area contributed by atoms with Gasteiger partial charge in [-0.15, -0.1) is 11.8 Å². The maximum Gasteiger partial charge on any atom is 0.320 e. The summed E-state index contributed by atoms with van der Waals surface area (Å²) in [6.45, 7) is 6.09. The molecule has 0 saturated carbocycles. The Morgan fingerprint density at radius 2 is 2.31 bits per heavy atom. The van der Waals surface area contributed by atoms with Gasteiger partial charge in [-0.05, 0) is 32.9 Å². The Kier molecular flexibility index (Phi) is 4.26. The average Bonchev–Trinajstić information content (AvgIpc) is 2.16. The van der Waals surface area contributed by atoms with Gasteiger partial charge in [-0.2, -0.15) is 0 Å². The topological polar surface area (TPSA) is 58.6 Å². The van der Waals surface area contributed by atoms with E-state index < -0.39 is 12.0 Å². The third-order valence-corrected chi connectivity index (χ3v) is 4.26. The van der Waals surface area contributed by atoms with Gasteiger partial charge in [0.1, 0.15) is 6.04 Å². The van der Waals surface area contributed by atoms with Crippen molar-refractivity contribution < 1.29 is 14.6 Å². The molecule has 1 fully saturated rings. The second-order valence-corrected chi connectivity index (χ2v) is 6.64. The highest BCUT2D eigenvalue weighted by Gasteiger charge is 2.39. The summed E-state index contributed by atoms with van der Waals surface area (Å²) in [7, 11) is 1.69. The Morgan fingerprint density at radius 1 is 1.69 bits per heavy atom. The van der Waals surface area contributed by atoms with Crippen molar-refractivity contribution in [2.45, 2.75) is 50.1 Å². The molecule has 0 bridgehead atoms. The number of nitrogens with one attached hydrogen (secondary N) is 1. The van der Waals surface area contributed by atoms with E-state index in [4.69, 9.17) is 9.84 Å². The molecule has 16 heavy (non-hydrogen) atoms. The fourth-order valence-electron chi connectivity index (χ4n) is 2.06. The number of hydrogen-bond acceptors (Lipinski definition) is 4. The summed E-state index contributed by atoms with van der Waals surface area (Å²) in [5.74, 6) is 0.113. The van der Waals surface area contributed by atoms with E-state index >= 15 is 0 Å². The van der Waals surface area contributed by atoms with E-state index in [-0.39, 0.29) is 10.5 Å². The predicted octanol–water partition coefficient (Wildman–Crippen LogP) is 1.70. The van der Waals surface area contributed by atoms with E-state index in [2.05, 4.69) is 5.32 Å². The molecular weight excluding hydrogens is 226 g/mol. The van der Waals surface area contributed by atoms with Gasteiger partial charge in [-0.3, -0.25) is 10.1 Å². The Morgan fingerprint density at radius 3 is 2.81 bits per heavy atom. The standard InChI is InChI=1S/C11H21NO3S/c1-10(2,15-4)7-11(3)12-8(9(13)14)5-6-16-11/h8,12H,5-7H2,1-4H3,(H,13,14). The van der Waals surface area contributed by atoms with Crippen LogP contribution in [0.1, 0.15) is 33.6 Å². The molecular formula is C11H21NO3S. The van der Waals surface area contributed by atoms with E-state index in [1.54, 1.807) is 18.9 Å². The zero-order chi connectivity index (χ0) is 12.4. The first kappa shape index (κ1) is 13.8. The van der Waals surface area contributed by atoms with Crippen molar-refractivity contribution in [1.82, 2.24) is 5.32 Å². The lowest BCUT2D eigenvalue weighted by molar-refractivity contribution is -0.140. The van der Waals surface area contributed by atoms with Gasteiger partial charge in [0, 0.05) is 13.5 Å². The minimum atomic E-state index is -0.762. The number of rotatable bonds is 4. The quantitative estimate of drug-likeness (QED) is 0.792. The summed E-state index contributed by atoms with van der Waals surface area (Å²) < 4.78 is 5.40. The third-order valence-electron chi connectivity index (χ3n) is 2.92. The summed E-state index contributed by atoms with van der Waals surface area (Å²) in [5.41, 5.74) is -0.241. The minimum Gasteiger partial charge on any atom is -0.480 e. The number of thioether (sulfide) groups is 1. The lowest BCUT2D eigenvalue weighted by Crippen LogP contribution is -2.55. The van der Waals surface area contributed by atoms with Crippen molar-refractivity contribution in [3.8, 4) is 0 Å². The number of carboxylic acids is 1. The third kappa shape index (κ3) is 3.64. The summed E-state index contributed by atoms with van der Waals surface area (Å²) in [6, 6.07) is -0.432. The molecule has 0 radical (unpaired) electrons. The zero-order valence-corrected chi connectivity index (χ0v) is 11.2. The van der Waals surface area contributed by atoms with Crippen LogP contribution in [0.5, 0.6) is 0 Å². The van der Waals surface area contributed by atoms with Gasteiger partial charge in [-0.1, -0.05) is 0 Å². The van der Waals surface area contributed by atoms with Crippen LogP contribution in [-0.2, 0) is 9.53 Å². The monoisotopic (exact) mass is 247 g/mol. The van der Waals surface area contributed by atoms with Crippen molar-refractivity contribution >= 4 is 17.7 Å². The molecule has 1 heterocycles. The second-order valence-electron chi connectivity index (χ2n) is 5.04. The van der Waals surface area contributed by atoms with Crippen LogP contribution < -0.4 is 5.32 Å². The van der Waals surface area contributed by atoms with E-state index in [9.17, 15) is 4.79 Å². The molecule has 1 rings (SSSR count). The van der Waals surface area contributed by atoms with Crippen LogP contribution in [0.4, 0.5) is 0 Å². The highest BCUT2D eigenvalue weighted by molar-refractivity contribution is 8.00. The number of carboxylic acid groups (broad SMARTS) is 1. The van der Waals surface area contributed by atoms with Gasteiger partial charge in [0.15, 0.2) is 0 Å². The summed E-state index contributed by atoms with van der Waals surface area (Å²) >= 11 is 1.77. The fraction of sp³-hybridized carbons (Fsp3) is 0.909. The molecule has 0 aromatic rings. The summed E-state index contributed by atoms with van der Waals surface area (Å²) in [6.07, 6.45) is 1.47. The van der Waals surface area contributed by atoms with Gasteiger partial charge in [-0.25, -0.2) is 0 Å². The van der Waals surface area contributed by atoms with Crippen LogP contribution in [0, 0.1) is 0 Å². The van der Waals surface area contributed by atoms with Crippen LogP contribution >= 0.6 is 11.8 Å². The molecule has 94 valence electrons. The van der Waals surface area contributed by atoms with Crippen LogP contribution in [-0.4, -0.2) is 40.5 Å². The summed E-state index contributed by atoms with van der Waals surface area (Å²) in [4.78, 5) is 10.8. The molecule has 1 aliphatic heterocycles. The average molecular weight is 247 g/mol. The van der Waals surface area contributed by atoms with Gasteiger partial charge in [0.25, 0.3) is 0 Å². The summed E-state index contributed by atoms with van der Waals surface area (Å²) in [5, 5.41) is 12.2. The van der Waals surface area contributed by atoms with Crippen molar-refractivity contribution in [2.24, 2.45) is 0 Å². The molecule has 0 aromatic carbocycles. The van der Waals surface area contributed by atoms with E-state index in [0.29, 0.717) is 6.42 Å². The van der Waals surface area contributed by atoms with E-state index in [1.165, 1.54) is 0 Å². The number of hydrogen-bond donors (Lipinski definition) is 2. The number of methoxy groups -OCH3 is 1. The van der Waals surface area contributed by atoms with Crippen molar-refractivity contribution in [3.63, 3.8) is 0 Å². The predicted molar refractivity (Wildman–Crippen MR) is 65.7 cm³/mol. The molecule has 0 aromatic heterocycles. The lowest BCUT2D eigenvalue weighted by Gasteiger charge is -2.42. The fourth-order valence-corrected chi connectivity index (χ4v) is 3.54. The highest BCUT2D eigenvalue weighted by atomic mass is 32.2. The van der Waals surface area contributed by atoms with Crippen molar-refractivity contribution in [1.29, 1.82) is 0 Å². The molecule has 2 unspecified atom stereocenters. The highest BCUT2D eigenvalue weighted by Crippen LogP contribution is 2.36. The number of aliphatic carboxylic acids is 1. The number of carbonyl (C=O) groups is 1. The van der Waals surface area contributed by atoms with Crippen LogP contribution in [0.15, 0.2) is 0 Å². The molecule has 0 spiro atoms. The maximum absolute atomic E-state index is 11.0. The van der Waals surface area contributed by atoms with E-state index in [0.717, 1.165) is 12.2 Å². The molecule has 4 nitrogen and oxygen atoms in total. The molecule has 5 heteroatoms. The van der Waals surface area contributed by atoms with Crippen LogP contribution in [0.25, 0.3) is 0 Å². The Labute approximate surface area is 101 Å². The smallest absolute Gasteiger partial charge is 0.320 e. The van der Waals surface area contributed by atoms with E-state index in [1.807, 2.05) is 20.8 Å². The van der Waals surface area contributed by atoms with Gasteiger partial charge in [0.2, 0.25) is 0 Å². The van der Waals surface area contributed by atoms with Crippen molar-refractivity contribution in [2.75, 3.05) is 12.9 Å². The van der Waals surface area contributed by atoms with Gasteiger partial charge >= 0.3 is 5.97 Å². The lowest BCUT2D eigenvalue weighted by atomic mass is 9.98. The Bertz CT molecular complexity index is 270. The first-order chi connectivity index (χ1) is 7.28. The first-order valence-corrected chi connectivity index (χ1v) is 6.46. The normalized spacial score (nSPS) is 31.4. The number of ether oxygens (including phenoxy) is 1. The minimum absolute atomic E-state index is 0.221. The molecule has 2 N–H and O–H groups in total. The Hall–Kier alpha value is -0.260. The zero-order valence-electron chi connectivity index (χ0n) is 10.4. The largest absolute Gasteiger partial charge is 0.480 e. The SMILES string of the molecule is COC(C)(C)CC1(C)NC(C(=O)O)CCS1. The molecule has 1 aliphatic rings. The van der Waals surface area contributed by atoms with Crippen LogP contribution in [0.3, 0.4) is 0 Å². The molecule has 2 atom stereocenters. The maximum atomic E-state index is 11.0. The molecule has 0 amide bonds. The van der Waals surface area contributed by atoms with Gasteiger partial charge < -0.3 is 9.84 Å². The second kappa shape index (κ2) is 4.94. The first-order valence-electron chi connectivity index (χ1n) is 5.48. The van der Waals surface area contributed by atoms with Crippen molar-refractivity contribution in [3.05, 3.63) is 0 Å². The van der Waals surface area contributed by atoms with Gasteiger partial charge in [0.05, 0.1) is 10.5 Å². The molecule has 1 saturated heterocycles. The molecule has 0 aliphatic carbocycles.